The first kappa shape index (κ1) is 20.8. The van der Waals surface area contributed by atoms with E-state index in [0.717, 1.165) is 41.7 Å². The summed E-state index contributed by atoms with van der Waals surface area (Å²) in [6.45, 7) is 1.44. The average Bonchev–Trinajstić information content (AvgIpc) is 3.58. The summed E-state index contributed by atoms with van der Waals surface area (Å²) in [6, 6.07) is 15.4. The van der Waals surface area contributed by atoms with E-state index in [1.807, 2.05) is 36.5 Å². The lowest BCUT2D eigenvalue weighted by atomic mass is 10.1. The molecule has 2 aromatic heterocycles. The lowest BCUT2D eigenvalue weighted by Crippen LogP contribution is -2.17. The second-order valence-corrected chi connectivity index (χ2v) is 8.65. The van der Waals surface area contributed by atoms with E-state index in [9.17, 15) is 4.79 Å². The lowest BCUT2D eigenvalue weighted by Gasteiger charge is -2.14. The van der Waals surface area contributed by atoms with Gasteiger partial charge in [0.15, 0.2) is 16.8 Å². The Morgan fingerprint density at radius 2 is 2.06 bits per heavy atom. The number of para-hydroxylation sites is 2. The van der Waals surface area contributed by atoms with Gasteiger partial charge in [0.1, 0.15) is 5.75 Å². The number of H-pyrrole nitrogens is 1. The molecule has 1 unspecified atom stereocenters. The van der Waals surface area contributed by atoms with E-state index < -0.39 is 0 Å². The largest absolute Gasteiger partial charge is 0.496 e. The summed E-state index contributed by atoms with van der Waals surface area (Å²) in [4.78, 5) is 16.2. The zero-order chi connectivity index (χ0) is 21.9. The third-order valence-electron chi connectivity index (χ3n) is 5.70. The SMILES string of the molecule is COc1ccccc1C(=O)CSc1nnc(-c2c[nH]c3ccccc23)n1CC1CCCO1. The molecule has 0 bridgehead atoms. The first-order valence-corrected chi connectivity index (χ1v) is 11.6. The van der Waals surface area contributed by atoms with Crippen LogP contribution in [0.25, 0.3) is 22.3 Å². The van der Waals surface area contributed by atoms with Gasteiger partial charge < -0.3 is 14.5 Å². The Morgan fingerprint density at radius 1 is 1.22 bits per heavy atom. The molecule has 164 valence electrons. The van der Waals surface area contributed by atoms with Gasteiger partial charge in [0.25, 0.3) is 0 Å². The molecular formula is C24H24N4O3S. The van der Waals surface area contributed by atoms with Crippen molar-refractivity contribution in [3.8, 4) is 17.1 Å². The van der Waals surface area contributed by atoms with Crippen molar-refractivity contribution in [1.82, 2.24) is 19.7 Å². The van der Waals surface area contributed by atoms with Gasteiger partial charge in [0.2, 0.25) is 0 Å². The smallest absolute Gasteiger partial charge is 0.192 e. The number of carbonyl (C=O) groups is 1. The van der Waals surface area contributed by atoms with E-state index in [4.69, 9.17) is 9.47 Å². The molecule has 32 heavy (non-hydrogen) atoms. The number of Topliss-reactive ketones (excluding diaryl/α,β-unsaturated/α-hetero) is 1. The summed E-state index contributed by atoms with van der Waals surface area (Å²) in [5, 5.41) is 10.8. The van der Waals surface area contributed by atoms with Gasteiger partial charge in [-0.1, -0.05) is 42.1 Å². The molecule has 2 aromatic carbocycles. The molecule has 1 N–H and O–H groups in total. The standard InChI is InChI=1S/C24H24N4O3S/c1-30-22-11-5-3-9-18(22)21(29)15-32-24-27-26-23(28(24)14-16-7-6-12-31-16)19-13-25-20-10-4-2-8-17(19)20/h2-5,8-11,13,16,25H,6-7,12,14-15H2,1H3. The number of methoxy groups -OCH3 is 1. The number of ether oxygens (including phenoxy) is 2. The van der Waals surface area contributed by atoms with E-state index in [1.165, 1.54) is 11.8 Å². The molecule has 0 aliphatic carbocycles. The van der Waals surface area contributed by atoms with Crippen molar-refractivity contribution < 1.29 is 14.3 Å². The molecule has 5 rings (SSSR count). The second kappa shape index (κ2) is 9.18. The van der Waals surface area contributed by atoms with E-state index in [-0.39, 0.29) is 17.6 Å². The summed E-state index contributed by atoms with van der Waals surface area (Å²) < 4.78 is 13.3. The van der Waals surface area contributed by atoms with Gasteiger partial charge >= 0.3 is 0 Å². The molecule has 1 atom stereocenters. The Balaban J connectivity index is 1.45. The third kappa shape index (κ3) is 4.03. The predicted octanol–water partition coefficient (Wildman–Crippen LogP) is 4.59. The summed E-state index contributed by atoms with van der Waals surface area (Å²) in [5.74, 6) is 1.61. The number of hydrogen-bond donors (Lipinski definition) is 1. The van der Waals surface area contributed by atoms with E-state index >= 15 is 0 Å². The second-order valence-electron chi connectivity index (χ2n) is 7.71. The number of rotatable bonds is 8. The topological polar surface area (TPSA) is 82.0 Å². The Kier molecular flexibility index (Phi) is 5.96. The molecule has 4 aromatic rings. The molecule has 1 saturated heterocycles. The Morgan fingerprint density at radius 3 is 2.91 bits per heavy atom. The minimum atomic E-state index is -0.00670. The third-order valence-corrected chi connectivity index (χ3v) is 6.66. The van der Waals surface area contributed by atoms with Crippen LogP contribution >= 0.6 is 11.8 Å². The number of nitrogens with one attached hydrogen (secondary N) is 1. The minimum Gasteiger partial charge on any atom is -0.496 e. The monoisotopic (exact) mass is 448 g/mol. The van der Waals surface area contributed by atoms with Crippen LogP contribution in [0.5, 0.6) is 5.75 Å². The van der Waals surface area contributed by atoms with Gasteiger partial charge in [-0.3, -0.25) is 9.36 Å². The Bertz CT molecular complexity index is 1240. The van der Waals surface area contributed by atoms with Gasteiger partial charge in [-0.25, -0.2) is 0 Å². The van der Waals surface area contributed by atoms with Crippen LogP contribution in [0, 0.1) is 0 Å². The molecule has 1 aliphatic rings. The number of fused-ring (bicyclic) bond motifs is 1. The van der Waals surface area contributed by atoms with Crippen LogP contribution in [-0.2, 0) is 11.3 Å². The number of ketones is 1. The maximum Gasteiger partial charge on any atom is 0.192 e. The Hall–Kier alpha value is -3.10. The van der Waals surface area contributed by atoms with Gasteiger partial charge in [0, 0.05) is 29.3 Å². The maximum atomic E-state index is 12.9. The van der Waals surface area contributed by atoms with Crippen LogP contribution in [0.4, 0.5) is 0 Å². The molecule has 0 spiro atoms. The van der Waals surface area contributed by atoms with Crippen LogP contribution in [-0.4, -0.2) is 51.1 Å². The fraction of sp³-hybridized carbons (Fsp3) is 0.292. The first-order valence-electron chi connectivity index (χ1n) is 10.6. The van der Waals surface area contributed by atoms with E-state index in [0.29, 0.717) is 23.0 Å². The van der Waals surface area contributed by atoms with Crippen molar-refractivity contribution >= 4 is 28.4 Å². The molecule has 1 fully saturated rings. The van der Waals surface area contributed by atoms with Crippen molar-refractivity contribution in [3.63, 3.8) is 0 Å². The summed E-state index contributed by atoms with van der Waals surface area (Å²) in [5.41, 5.74) is 2.62. The van der Waals surface area contributed by atoms with Gasteiger partial charge in [-0.05, 0) is 31.0 Å². The van der Waals surface area contributed by atoms with Crippen LogP contribution in [0.15, 0.2) is 59.9 Å². The van der Waals surface area contributed by atoms with Crippen LogP contribution < -0.4 is 4.74 Å². The van der Waals surface area contributed by atoms with Crippen LogP contribution in [0.1, 0.15) is 23.2 Å². The quantitative estimate of drug-likeness (QED) is 0.314. The number of hydrogen-bond acceptors (Lipinski definition) is 6. The lowest BCUT2D eigenvalue weighted by molar-refractivity contribution is 0.0953. The van der Waals surface area contributed by atoms with Crippen LogP contribution in [0.3, 0.4) is 0 Å². The number of nitrogens with zero attached hydrogens (tertiary/aromatic N) is 3. The maximum absolute atomic E-state index is 12.9. The molecule has 0 radical (unpaired) electrons. The fourth-order valence-electron chi connectivity index (χ4n) is 4.09. The Labute approximate surface area is 190 Å². The zero-order valence-corrected chi connectivity index (χ0v) is 18.6. The predicted molar refractivity (Wildman–Crippen MR) is 124 cm³/mol. The van der Waals surface area contributed by atoms with Crippen molar-refractivity contribution in [2.24, 2.45) is 0 Å². The first-order chi connectivity index (χ1) is 15.7. The van der Waals surface area contributed by atoms with Gasteiger partial charge in [-0.15, -0.1) is 10.2 Å². The molecule has 8 heteroatoms. The molecule has 1 aliphatic heterocycles. The normalized spacial score (nSPS) is 16.0. The van der Waals surface area contributed by atoms with Crippen molar-refractivity contribution in [2.45, 2.75) is 30.6 Å². The summed E-state index contributed by atoms with van der Waals surface area (Å²) in [6.07, 6.45) is 4.16. The molecule has 3 heterocycles. The fourth-order valence-corrected chi connectivity index (χ4v) is 4.92. The summed E-state index contributed by atoms with van der Waals surface area (Å²) in [7, 11) is 1.57. The highest BCUT2D eigenvalue weighted by Crippen LogP contribution is 2.32. The number of thioether (sulfide) groups is 1. The number of aromatic nitrogens is 4. The highest BCUT2D eigenvalue weighted by Gasteiger charge is 2.24. The van der Waals surface area contributed by atoms with Crippen molar-refractivity contribution in [2.75, 3.05) is 19.5 Å². The van der Waals surface area contributed by atoms with Crippen LogP contribution in [0.2, 0.25) is 0 Å². The highest BCUT2D eigenvalue weighted by molar-refractivity contribution is 7.99. The molecule has 0 amide bonds. The van der Waals surface area contributed by atoms with Crippen molar-refractivity contribution in [1.29, 1.82) is 0 Å². The number of carbonyl (C=O) groups excluding carboxylic acids is 1. The minimum absolute atomic E-state index is 0.00670. The number of benzene rings is 2. The van der Waals surface area contributed by atoms with Gasteiger partial charge in [0.05, 0.1) is 31.1 Å². The average molecular weight is 449 g/mol. The molecule has 7 nitrogen and oxygen atoms in total. The van der Waals surface area contributed by atoms with Crippen molar-refractivity contribution in [3.05, 3.63) is 60.3 Å². The molecule has 0 saturated carbocycles. The number of aromatic amines is 1. The van der Waals surface area contributed by atoms with E-state index in [2.05, 4.69) is 25.8 Å². The zero-order valence-electron chi connectivity index (χ0n) is 17.8. The van der Waals surface area contributed by atoms with Gasteiger partial charge in [-0.2, -0.15) is 0 Å². The highest BCUT2D eigenvalue weighted by atomic mass is 32.2. The summed E-state index contributed by atoms with van der Waals surface area (Å²) >= 11 is 1.39. The molecular weight excluding hydrogens is 424 g/mol. The van der Waals surface area contributed by atoms with E-state index in [1.54, 1.807) is 19.2 Å².